The summed E-state index contributed by atoms with van der Waals surface area (Å²) < 4.78 is 0. The Morgan fingerprint density at radius 1 is 1.21 bits per heavy atom. The summed E-state index contributed by atoms with van der Waals surface area (Å²) in [5, 5.41) is 14.3. The molecular formula is C15H19N3S. The largest absolute Gasteiger partial charge is 0.314 e. The van der Waals surface area contributed by atoms with Crippen LogP contribution < -0.4 is 5.32 Å². The van der Waals surface area contributed by atoms with Crippen molar-refractivity contribution in [3.05, 3.63) is 34.8 Å². The highest BCUT2D eigenvalue weighted by atomic mass is 32.1. The molecule has 1 fully saturated rings. The van der Waals surface area contributed by atoms with Crippen LogP contribution in [0.2, 0.25) is 0 Å². The smallest absolute Gasteiger partial charge is 0.147 e. The lowest BCUT2D eigenvalue weighted by atomic mass is 10.2. The van der Waals surface area contributed by atoms with Crippen molar-refractivity contribution in [3.8, 4) is 10.6 Å². The first-order chi connectivity index (χ1) is 9.31. The fourth-order valence-electron chi connectivity index (χ4n) is 2.00. The van der Waals surface area contributed by atoms with E-state index in [-0.39, 0.29) is 0 Å². The molecule has 1 N–H and O–H groups in total. The standard InChI is InChI=1S/C15H19N3S/c1-11-4-6-12(7-5-11)15-18-17-14(19-15)3-2-10-16-13-8-9-13/h4-7,13,16H,2-3,8-10H2,1H3. The SMILES string of the molecule is Cc1ccc(-c2nnc(CCCNC3CC3)s2)cc1. The van der Waals surface area contributed by atoms with E-state index in [1.807, 2.05) is 0 Å². The van der Waals surface area contributed by atoms with E-state index >= 15 is 0 Å². The third-order valence-corrected chi connectivity index (χ3v) is 4.38. The molecular weight excluding hydrogens is 254 g/mol. The van der Waals surface area contributed by atoms with Crippen molar-refractivity contribution >= 4 is 11.3 Å². The molecule has 0 bridgehead atoms. The van der Waals surface area contributed by atoms with Crippen molar-refractivity contribution in [1.29, 1.82) is 0 Å². The van der Waals surface area contributed by atoms with Crippen molar-refractivity contribution < 1.29 is 0 Å². The van der Waals surface area contributed by atoms with E-state index in [9.17, 15) is 0 Å². The summed E-state index contributed by atoms with van der Waals surface area (Å²) in [5.41, 5.74) is 2.45. The minimum atomic E-state index is 0.803. The Bertz CT molecular complexity index is 529. The number of nitrogens with zero attached hydrogens (tertiary/aromatic N) is 2. The molecule has 0 radical (unpaired) electrons. The second kappa shape index (κ2) is 5.80. The molecule has 4 heteroatoms. The van der Waals surface area contributed by atoms with Crippen LogP contribution in [-0.2, 0) is 6.42 Å². The quantitative estimate of drug-likeness (QED) is 0.821. The van der Waals surface area contributed by atoms with Crippen LogP contribution in [0, 0.1) is 6.92 Å². The van der Waals surface area contributed by atoms with Gasteiger partial charge in [-0.05, 0) is 32.7 Å². The molecule has 1 aliphatic rings. The lowest BCUT2D eigenvalue weighted by molar-refractivity contribution is 0.643. The molecule has 100 valence electrons. The van der Waals surface area contributed by atoms with E-state index in [2.05, 4.69) is 46.7 Å². The first-order valence-electron chi connectivity index (χ1n) is 6.94. The van der Waals surface area contributed by atoms with E-state index in [0.29, 0.717) is 0 Å². The Hall–Kier alpha value is -1.26. The highest BCUT2D eigenvalue weighted by molar-refractivity contribution is 7.14. The van der Waals surface area contributed by atoms with Gasteiger partial charge in [0.25, 0.3) is 0 Å². The maximum Gasteiger partial charge on any atom is 0.147 e. The lowest BCUT2D eigenvalue weighted by Crippen LogP contribution is -2.17. The van der Waals surface area contributed by atoms with Gasteiger partial charge in [0.1, 0.15) is 10.0 Å². The minimum absolute atomic E-state index is 0.803. The van der Waals surface area contributed by atoms with Crippen molar-refractivity contribution in [2.75, 3.05) is 6.54 Å². The van der Waals surface area contributed by atoms with Crippen molar-refractivity contribution in [2.45, 2.75) is 38.6 Å². The van der Waals surface area contributed by atoms with Gasteiger partial charge in [-0.1, -0.05) is 41.2 Å². The monoisotopic (exact) mass is 273 g/mol. The maximum absolute atomic E-state index is 4.29. The van der Waals surface area contributed by atoms with Crippen molar-refractivity contribution in [2.24, 2.45) is 0 Å². The number of nitrogens with one attached hydrogen (secondary N) is 1. The molecule has 2 aromatic rings. The summed E-state index contributed by atoms with van der Waals surface area (Å²) >= 11 is 1.72. The Labute approximate surface area is 118 Å². The second-order valence-electron chi connectivity index (χ2n) is 5.20. The molecule has 0 spiro atoms. The van der Waals surface area contributed by atoms with Crippen LogP contribution in [0.3, 0.4) is 0 Å². The maximum atomic E-state index is 4.29. The summed E-state index contributed by atoms with van der Waals surface area (Å²) in [4.78, 5) is 0. The van der Waals surface area contributed by atoms with Crippen LogP contribution in [0.5, 0.6) is 0 Å². The topological polar surface area (TPSA) is 37.8 Å². The molecule has 0 atom stereocenters. The number of aryl methyl sites for hydroxylation is 2. The van der Waals surface area contributed by atoms with Gasteiger partial charge in [-0.3, -0.25) is 0 Å². The number of benzene rings is 1. The molecule has 3 nitrogen and oxygen atoms in total. The van der Waals surface area contributed by atoms with E-state index in [1.165, 1.54) is 24.0 Å². The van der Waals surface area contributed by atoms with Gasteiger partial charge in [-0.25, -0.2) is 0 Å². The summed E-state index contributed by atoms with van der Waals surface area (Å²) in [6, 6.07) is 9.28. The molecule has 19 heavy (non-hydrogen) atoms. The zero-order valence-corrected chi connectivity index (χ0v) is 12.0. The average molecular weight is 273 g/mol. The zero-order valence-electron chi connectivity index (χ0n) is 11.2. The third-order valence-electron chi connectivity index (χ3n) is 3.34. The van der Waals surface area contributed by atoms with Crippen LogP contribution >= 0.6 is 11.3 Å². The first-order valence-corrected chi connectivity index (χ1v) is 7.76. The van der Waals surface area contributed by atoms with E-state index in [0.717, 1.165) is 35.4 Å². The third kappa shape index (κ3) is 3.61. The minimum Gasteiger partial charge on any atom is -0.314 e. The van der Waals surface area contributed by atoms with Crippen molar-refractivity contribution in [3.63, 3.8) is 0 Å². The summed E-state index contributed by atoms with van der Waals surface area (Å²) in [7, 11) is 0. The predicted octanol–water partition coefficient (Wildman–Crippen LogP) is 3.20. The van der Waals surface area contributed by atoms with Crippen LogP contribution in [-0.4, -0.2) is 22.8 Å². The van der Waals surface area contributed by atoms with Crippen molar-refractivity contribution in [1.82, 2.24) is 15.5 Å². The molecule has 1 heterocycles. The molecule has 1 saturated carbocycles. The van der Waals surface area contributed by atoms with Gasteiger partial charge >= 0.3 is 0 Å². The summed E-state index contributed by atoms with van der Waals surface area (Å²) in [5.74, 6) is 0. The fraction of sp³-hybridized carbons (Fsp3) is 0.467. The van der Waals surface area contributed by atoms with Gasteiger partial charge in [0, 0.05) is 18.0 Å². The molecule has 1 aliphatic carbocycles. The van der Waals surface area contributed by atoms with Crippen LogP contribution in [0.4, 0.5) is 0 Å². The highest BCUT2D eigenvalue weighted by Crippen LogP contribution is 2.24. The number of aromatic nitrogens is 2. The molecule has 0 unspecified atom stereocenters. The zero-order chi connectivity index (χ0) is 13.1. The molecule has 0 amide bonds. The Balaban J connectivity index is 1.54. The lowest BCUT2D eigenvalue weighted by Gasteiger charge is -1.99. The summed E-state index contributed by atoms with van der Waals surface area (Å²) in [6.07, 6.45) is 4.90. The highest BCUT2D eigenvalue weighted by Gasteiger charge is 2.19. The molecule has 0 saturated heterocycles. The van der Waals surface area contributed by atoms with Gasteiger partial charge < -0.3 is 5.32 Å². The molecule has 1 aromatic carbocycles. The number of hydrogen-bond acceptors (Lipinski definition) is 4. The molecule has 3 rings (SSSR count). The van der Waals surface area contributed by atoms with Crippen LogP contribution in [0.1, 0.15) is 29.8 Å². The van der Waals surface area contributed by atoms with Crippen LogP contribution in [0.25, 0.3) is 10.6 Å². The van der Waals surface area contributed by atoms with Gasteiger partial charge in [0.15, 0.2) is 0 Å². The van der Waals surface area contributed by atoms with Crippen LogP contribution in [0.15, 0.2) is 24.3 Å². The predicted molar refractivity (Wildman–Crippen MR) is 79.4 cm³/mol. The summed E-state index contributed by atoms with van der Waals surface area (Å²) in [6.45, 7) is 3.20. The van der Waals surface area contributed by atoms with E-state index in [4.69, 9.17) is 0 Å². The Morgan fingerprint density at radius 3 is 2.74 bits per heavy atom. The van der Waals surface area contributed by atoms with E-state index in [1.54, 1.807) is 11.3 Å². The first kappa shape index (κ1) is 12.8. The van der Waals surface area contributed by atoms with Gasteiger partial charge in [-0.2, -0.15) is 0 Å². The van der Waals surface area contributed by atoms with E-state index < -0.39 is 0 Å². The average Bonchev–Trinajstić information content (AvgIpc) is 3.13. The Kier molecular flexibility index (Phi) is 3.89. The van der Waals surface area contributed by atoms with Gasteiger partial charge in [0.05, 0.1) is 0 Å². The van der Waals surface area contributed by atoms with Gasteiger partial charge in [0.2, 0.25) is 0 Å². The number of hydrogen-bond donors (Lipinski definition) is 1. The van der Waals surface area contributed by atoms with Gasteiger partial charge in [-0.15, -0.1) is 10.2 Å². The normalized spacial score (nSPS) is 14.8. The Morgan fingerprint density at radius 2 is 2.00 bits per heavy atom. The molecule has 0 aliphatic heterocycles. The fourth-order valence-corrected chi connectivity index (χ4v) is 2.89. The molecule has 1 aromatic heterocycles. The second-order valence-corrected chi connectivity index (χ2v) is 6.26. The number of rotatable bonds is 6.